The number of nitrogens with two attached hydrogens (primary N) is 1. The van der Waals surface area contributed by atoms with Gasteiger partial charge in [0.2, 0.25) is 17.8 Å². The molecular formula is C26H29Cl2N9O3. The summed E-state index contributed by atoms with van der Waals surface area (Å²) in [6, 6.07) is 5.04. The van der Waals surface area contributed by atoms with Gasteiger partial charge in [0.25, 0.3) is 0 Å². The summed E-state index contributed by atoms with van der Waals surface area (Å²) in [6.45, 7) is 1.12. The van der Waals surface area contributed by atoms with Crippen LogP contribution in [-0.4, -0.2) is 62.7 Å². The van der Waals surface area contributed by atoms with Crippen molar-refractivity contribution in [1.82, 2.24) is 24.4 Å². The highest BCUT2D eigenvalue weighted by Crippen LogP contribution is 2.39. The van der Waals surface area contributed by atoms with Crippen LogP contribution in [0.1, 0.15) is 50.1 Å². The van der Waals surface area contributed by atoms with Gasteiger partial charge in [0.1, 0.15) is 5.52 Å². The number of piperidine rings is 1. The number of primary amides is 1. The summed E-state index contributed by atoms with van der Waals surface area (Å²) in [6.07, 6.45) is 5.67. The molecule has 1 saturated carbocycles. The van der Waals surface area contributed by atoms with E-state index in [1.807, 2.05) is 10.6 Å². The van der Waals surface area contributed by atoms with Crippen molar-refractivity contribution in [2.75, 3.05) is 30.8 Å². The number of hydrogen-bond donors (Lipinski definition) is 3. The highest BCUT2D eigenvalue weighted by atomic mass is 35.5. The molecule has 2 amide bonds. The quantitative estimate of drug-likeness (QED) is 0.374. The van der Waals surface area contributed by atoms with Gasteiger partial charge in [-0.05, 0) is 50.7 Å². The van der Waals surface area contributed by atoms with E-state index >= 15 is 0 Å². The Morgan fingerprint density at radius 3 is 2.52 bits per heavy atom. The van der Waals surface area contributed by atoms with E-state index in [1.165, 1.54) is 19.2 Å². The molecule has 4 N–H and O–H groups in total. The molecular weight excluding hydrogens is 557 g/mol. The largest absolute Gasteiger partial charge is 0.453 e. The molecule has 40 heavy (non-hydrogen) atoms. The smallest absolute Gasteiger partial charge is 0.409 e. The van der Waals surface area contributed by atoms with Crippen LogP contribution in [0, 0.1) is 17.2 Å². The molecule has 2 aromatic heterocycles. The minimum atomic E-state index is -0.358. The first-order chi connectivity index (χ1) is 19.3. The number of imidazole rings is 1. The van der Waals surface area contributed by atoms with Crippen molar-refractivity contribution < 1.29 is 14.3 Å². The Labute approximate surface area is 240 Å². The van der Waals surface area contributed by atoms with Gasteiger partial charge in [-0.15, -0.1) is 0 Å². The zero-order chi connectivity index (χ0) is 28.4. The van der Waals surface area contributed by atoms with Crippen LogP contribution >= 0.6 is 23.2 Å². The van der Waals surface area contributed by atoms with Crippen LogP contribution in [0.5, 0.6) is 0 Å². The molecule has 210 valence electrons. The third-order valence-electron chi connectivity index (χ3n) is 7.49. The number of amides is 2. The summed E-state index contributed by atoms with van der Waals surface area (Å²) < 4.78 is 6.87. The van der Waals surface area contributed by atoms with Crippen molar-refractivity contribution >= 4 is 64.0 Å². The molecule has 12 nitrogen and oxygen atoms in total. The number of halogens is 2. The van der Waals surface area contributed by atoms with E-state index in [0.717, 1.165) is 12.8 Å². The molecule has 2 aliphatic rings. The number of aromatic nitrogens is 4. The fourth-order valence-corrected chi connectivity index (χ4v) is 6.04. The van der Waals surface area contributed by atoms with Gasteiger partial charge >= 0.3 is 6.09 Å². The number of likely N-dealkylation sites (tertiary alicyclic amines) is 1. The van der Waals surface area contributed by atoms with Crippen LogP contribution in [-0.2, 0) is 9.53 Å². The SMILES string of the molecule is COC(=O)N1CCC[C@@H](Nc2ncc3nc(Nc4c(Cl)cc(C#N)cc4Cl)n(C4CCC(C(N)=O)CC4)c3n2)C1. The molecule has 1 aliphatic carbocycles. The van der Waals surface area contributed by atoms with Gasteiger partial charge in [-0.2, -0.15) is 10.2 Å². The summed E-state index contributed by atoms with van der Waals surface area (Å²) in [5.41, 5.74) is 7.49. The van der Waals surface area contributed by atoms with Gasteiger partial charge in [-0.3, -0.25) is 9.36 Å². The molecule has 14 heteroatoms. The maximum atomic E-state index is 12.0. The number of ether oxygens (including phenoxy) is 1. The first-order valence-electron chi connectivity index (χ1n) is 13.1. The number of anilines is 3. The number of rotatable bonds is 6. The second kappa shape index (κ2) is 11.7. The van der Waals surface area contributed by atoms with Crippen molar-refractivity contribution in [3.63, 3.8) is 0 Å². The van der Waals surface area contributed by atoms with E-state index in [1.54, 1.807) is 11.1 Å². The number of carbonyl (C=O) groups is 2. The summed E-state index contributed by atoms with van der Waals surface area (Å²) in [5, 5.41) is 16.4. The van der Waals surface area contributed by atoms with E-state index in [2.05, 4.69) is 15.6 Å². The number of nitrogens with zero attached hydrogens (tertiary/aromatic N) is 6. The van der Waals surface area contributed by atoms with E-state index in [9.17, 15) is 14.9 Å². The second-order valence-corrected chi connectivity index (χ2v) is 10.9. The molecule has 1 atom stereocenters. The minimum absolute atomic E-state index is 0.0220. The van der Waals surface area contributed by atoms with Crippen LogP contribution in [0.2, 0.25) is 10.0 Å². The lowest BCUT2D eigenvalue weighted by Crippen LogP contribution is -2.45. The zero-order valence-corrected chi connectivity index (χ0v) is 23.4. The van der Waals surface area contributed by atoms with E-state index in [0.29, 0.717) is 73.1 Å². The molecule has 0 unspecified atom stereocenters. The number of carbonyl (C=O) groups excluding carboxylic acids is 2. The predicted molar refractivity (Wildman–Crippen MR) is 151 cm³/mol. The monoisotopic (exact) mass is 585 g/mol. The van der Waals surface area contributed by atoms with Crippen LogP contribution in [0.25, 0.3) is 11.2 Å². The van der Waals surface area contributed by atoms with Gasteiger partial charge in [0.05, 0.1) is 40.7 Å². The Hall–Kier alpha value is -3.82. The number of fused-ring (bicyclic) bond motifs is 1. The number of nitriles is 1. The van der Waals surface area contributed by atoms with Crippen LogP contribution in [0.3, 0.4) is 0 Å². The summed E-state index contributed by atoms with van der Waals surface area (Å²) in [4.78, 5) is 39.5. The Morgan fingerprint density at radius 1 is 1.15 bits per heavy atom. The van der Waals surface area contributed by atoms with Crippen molar-refractivity contribution in [2.24, 2.45) is 11.7 Å². The molecule has 0 radical (unpaired) electrons. The van der Waals surface area contributed by atoms with Gasteiger partial charge in [0.15, 0.2) is 5.65 Å². The topological polar surface area (TPSA) is 164 Å². The van der Waals surface area contributed by atoms with Crippen LogP contribution < -0.4 is 16.4 Å². The van der Waals surface area contributed by atoms with Crippen molar-refractivity contribution in [1.29, 1.82) is 5.26 Å². The first kappa shape index (κ1) is 27.7. The molecule has 3 heterocycles. The maximum absolute atomic E-state index is 12.0. The average Bonchev–Trinajstić information content (AvgIpc) is 3.31. The van der Waals surface area contributed by atoms with Gasteiger partial charge < -0.3 is 26.0 Å². The molecule has 2 fully saturated rings. The van der Waals surface area contributed by atoms with Crippen LogP contribution in [0.15, 0.2) is 18.3 Å². The highest BCUT2D eigenvalue weighted by Gasteiger charge is 2.30. The Kier molecular flexibility index (Phi) is 8.14. The summed E-state index contributed by atoms with van der Waals surface area (Å²) in [7, 11) is 1.37. The number of methoxy groups -OCH3 is 1. The molecule has 0 spiro atoms. The average molecular weight is 586 g/mol. The Balaban J connectivity index is 1.49. The van der Waals surface area contributed by atoms with Crippen molar-refractivity contribution in [2.45, 2.75) is 50.6 Å². The van der Waals surface area contributed by atoms with Gasteiger partial charge in [-0.1, -0.05) is 23.2 Å². The lowest BCUT2D eigenvalue weighted by atomic mass is 9.85. The summed E-state index contributed by atoms with van der Waals surface area (Å²) in [5.74, 6) is 0.427. The fraction of sp³-hybridized carbons (Fsp3) is 0.462. The Bertz CT molecular complexity index is 1460. The lowest BCUT2D eigenvalue weighted by Gasteiger charge is -2.32. The molecule has 1 aliphatic heterocycles. The van der Waals surface area contributed by atoms with Crippen molar-refractivity contribution in [3.05, 3.63) is 33.9 Å². The third-order valence-corrected chi connectivity index (χ3v) is 8.09. The number of nitrogens with one attached hydrogen (secondary N) is 2. The normalized spacial score (nSPS) is 21.1. The summed E-state index contributed by atoms with van der Waals surface area (Å²) >= 11 is 12.9. The Morgan fingerprint density at radius 2 is 1.88 bits per heavy atom. The van der Waals surface area contributed by atoms with E-state index in [4.69, 9.17) is 43.6 Å². The lowest BCUT2D eigenvalue weighted by molar-refractivity contribution is -0.122. The number of benzene rings is 1. The molecule has 1 saturated heterocycles. The first-order valence-corrected chi connectivity index (χ1v) is 13.8. The van der Waals surface area contributed by atoms with Gasteiger partial charge in [-0.25, -0.2) is 14.8 Å². The third kappa shape index (κ3) is 5.71. The van der Waals surface area contributed by atoms with Crippen molar-refractivity contribution in [3.8, 4) is 6.07 Å². The van der Waals surface area contributed by atoms with E-state index < -0.39 is 0 Å². The minimum Gasteiger partial charge on any atom is -0.453 e. The standard InChI is InChI=1S/C26H29Cl2N9O3/c1-40-26(39)36-8-2-3-16(13-36)32-24-31-12-20-23(35-24)37(17-6-4-15(5-7-17)22(30)38)25(33-20)34-21-18(27)9-14(11-29)10-19(21)28/h9-10,12,15-17H,2-8,13H2,1H3,(H2,30,38)(H,33,34)(H,31,32,35)/t15?,16-,17?/m1/s1. The molecule has 5 rings (SSSR count). The molecule has 0 bridgehead atoms. The second-order valence-electron chi connectivity index (χ2n) is 10.1. The number of hydrogen-bond acceptors (Lipinski definition) is 9. The van der Waals surface area contributed by atoms with Crippen LogP contribution in [0.4, 0.5) is 22.4 Å². The van der Waals surface area contributed by atoms with Gasteiger partial charge in [0, 0.05) is 31.1 Å². The molecule has 1 aromatic carbocycles. The predicted octanol–water partition coefficient (Wildman–Crippen LogP) is 4.61. The zero-order valence-electron chi connectivity index (χ0n) is 21.9. The highest BCUT2D eigenvalue weighted by molar-refractivity contribution is 6.39. The fourth-order valence-electron chi connectivity index (χ4n) is 5.45. The maximum Gasteiger partial charge on any atom is 0.409 e. The van der Waals surface area contributed by atoms with E-state index in [-0.39, 0.29) is 40.0 Å². The molecule has 3 aromatic rings.